The van der Waals surface area contributed by atoms with Crippen LogP contribution in [0.3, 0.4) is 0 Å². The van der Waals surface area contributed by atoms with Gasteiger partial charge in [-0.3, -0.25) is 0 Å². The molecule has 0 radical (unpaired) electrons. The van der Waals surface area contributed by atoms with Crippen molar-refractivity contribution in [1.82, 2.24) is 9.97 Å². The maximum absolute atomic E-state index is 4.65. The lowest BCUT2D eigenvalue weighted by Crippen LogP contribution is -2.10. The lowest BCUT2D eigenvalue weighted by molar-refractivity contribution is 0.757. The molecule has 0 aliphatic rings. The summed E-state index contributed by atoms with van der Waals surface area (Å²) in [7, 11) is 0. The Kier molecular flexibility index (Phi) is 5.44. The monoisotopic (exact) mass is 333 g/mol. The van der Waals surface area contributed by atoms with E-state index >= 15 is 0 Å². The smallest absolute Gasteiger partial charge is 0.143 e. The third kappa shape index (κ3) is 3.30. The molecular weight excluding hydrogens is 313 g/mol. The average molecular weight is 333 g/mol. The Morgan fingerprint density at radius 2 is 1.94 bits per heavy atom. The van der Waals surface area contributed by atoms with Crippen LogP contribution in [0.1, 0.15) is 51.6 Å². The lowest BCUT2D eigenvalue weighted by Gasteiger charge is -2.14. The van der Waals surface area contributed by atoms with Gasteiger partial charge >= 0.3 is 0 Å². The maximum atomic E-state index is 4.65. The summed E-state index contributed by atoms with van der Waals surface area (Å²) >= 11 is 2.34. The van der Waals surface area contributed by atoms with Crippen molar-refractivity contribution < 1.29 is 0 Å². The third-order valence-electron chi connectivity index (χ3n) is 2.29. The number of nitrogens with zero attached hydrogens (tertiary/aromatic N) is 2. The minimum Gasteiger partial charge on any atom is -0.369 e. The first-order valence-corrected chi connectivity index (χ1v) is 6.98. The highest BCUT2D eigenvalue weighted by Gasteiger charge is 2.13. The van der Waals surface area contributed by atoms with Gasteiger partial charge in [-0.15, -0.1) is 0 Å². The molecule has 0 spiro atoms. The van der Waals surface area contributed by atoms with Gasteiger partial charge in [-0.2, -0.15) is 0 Å². The van der Waals surface area contributed by atoms with Crippen molar-refractivity contribution in [2.24, 2.45) is 0 Å². The van der Waals surface area contributed by atoms with Gasteiger partial charge in [0.25, 0.3) is 0 Å². The second kappa shape index (κ2) is 6.37. The first kappa shape index (κ1) is 13.7. The van der Waals surface area contributed by atoms with E-state index in [2.05, 4.69) is 65.6 Å². The first-order valence-electron chi connectivity index (χ1n) is 5.90. The van der Waals surface area contributed by atoms with E-state index in [4.69, 9.17) is 0 Å². The van der Waals surface area contributed by atoms with Crippen molar-refractivity contribution in [3.05, 3.63) is 15.1 Å². The minimum atomic E-state index is 0.447. The predicted molar refractivity (Wildman–Crippen MR) is 77.0 cm³/mol. The number of aromatic nitrogens is 2. The Hall–Kier alpha value is -0.390. The molecule has 0 saturated carbocycles. The van der Waals surface area contributed by atoms with Gasteiger partial charge in [-0.05, 0) is 41.9 Å². The summed E-state index contributed by atoms with van der Waals surface area (Å²) in [5, 5.41) is 3.31. The van der Waals surface area contributed by atoms with E-state index in [-0.39, 0.29) is 0 Å². The fourth-order valence-corrected chi connectivity index (χ4v) is 2.57. The molecule has 3 nitrogen and oxygen atoms in total. The van der Waals surface area contributed by atoms with Gasteiger partial charge < -0.3 is 5.32 Å². The zero-order chi connectivity index (χ0) is 12.1. The normalized spacial score (nSPS) is 10.9. The van der Waals surface area contributed by atoms with Gasteiger partial charge in [-0.1, -0.05) is 20.8 Å². The van der Waals surface area contributed by atoms with Crippen LogP contribution in [0.5, 0.6) is 0 Å². The summed E-state index contributed by atoms with van der Waals surface area (Å²) < 4.78 is 1.16. The fraction of sp³-hybridized carbons (Fsp3) is 0.667. The number of anilines is 1. The SMILES string of the molecule is CCCc1nc(NCC)c(I)c(C(C)C)n1. The van der Waals surface area contributed by atoms with Crippen LogP contribution in [0, 0.1) is 3.57 Å². The van der Waals surface area contributed by atoms with Crippen molar-refractivity contribution >= 4 is 28.4 Å². The van der Waals surface area contributed by atoms with Crippen molar-refractivity contribution in [2.45, 2.75) is 46.5 Å². The molecule has 0 aromatic carbocycles. The van der Waals surface area contributed by atoms with E-state index in [1.54, 1.807) is 0 Å². The molecule has 1 aromatic heterocycles. The zero-order valence-corrected chi connectivity index (χ0v) is 12.6. The number of nitrogens with one attached hydrogen (secondary N) is 1. The summed E-state index contributed by atoms with van der Waals surface area (Å²) in [6, 6.07) is 0. The van der Waals surface area contributed by atoms with E-state index in [0.29, 0.717) is 5.92 Å². The minimum absolute atomic E-state index is 0.447. The van der Waals surface area contributed by atoms with Crippen LogP contribution in [0.2, 0.25) is 0 Å². The van der Waals surface area contributed by atoms with Crippen molar-refractivity contribution in [3.63, 3.8) is 0 Å². The van der Waals surface area contributed by atoms with Crippen molar-refractivity contribution in [2.75, 3.05) is 11.9 Å². The van der Waals surface area contributed by atoms with Gasteiger partial charge in [0.1, 0.15) is 11.6 Å². The van der Waals surface area contributed by atoms with Gasteiger partial charge in [0, 0.05) is 13.0 Å². The molecule has 4 heteroatoms. The molecule has 0 aliphatic carbocycles. The Labute approximate surface area is 112 Å². The summed E-state index contributed by atoms with van der Waals surface area (Å²) in [5.41, 5.74) is 1.16. The van der Waals surface area contributed by atoms with Crippen LogP contribution in [0.4, 0.5) is 5.82 Å². The number of hydrogen-bond donors (Lipinski definition) is 1. The molecule has 1 heterocycles. The van der Waals surface area contributed by atoms with E-state index in [9.17, 15) is 0 Å². The largest absolute Gasteiger partial charge is 0.369 e. The molecule has 1 rings (SSSR count). The first-order chi connectivity index (χ1) is 7.60. The molecule has 1 aromatic rings. The number of hydrogen-bond acceptors (Lipinski definition) is 3. The van der Waals surface area contributed by atoms with Crippen LogP contribution in [0.15, 0.2) is 0 Å². The Morgan fingerprint density at radius 3 is 2.44 bits per heavy atom. The molecular formula is C12H20IN3. The number of rotatable bonds is 5. The second-order valence-electron chi connectivity index (χ2n) is 4.12. The van der Waals surface area contributed by atoms with E-state index < -0.39 is 0 Å². The molecule has 90 valence electrons. The maximum Gasteiger partial charge on any atom is 0.143 e. The molecule has 0 bridgehead atoms. The Balaban J connectivity index is 3.16. The average Bonchev–Trinajstić information content (AvgIpc) is 2.23. The highest BCUT2D eigenvalue weighted by molar-refractivity contribution is 14.1. The lowest BCUT2D eigenvalue weighted by atomic mass is 10.1. The second-order valence-corrected chi connectivity index (χ2v) is 5.20. The Morgan fingerprint density at radius 1 is 1.25 bits per heavy atom. The summed E-state index contributed by atoms with van der Waals surface area (Å²) in [4.78, 5) is 9.21. The van der Waals surface area contributed by atoms with Crippen LogP contribution in [-0.4, -0.2) is 16.5 Å². The number of aryl methyl sites for hydroxylation is 1. The van der Waals surface area contributed by atoms with Crippen LogP contribution < -0.4 is 5.32 Å². The summed E-state index contributed by atoms with van der Waals surface area (Å²) in [6.45, 7) is 9.50. The molecule has 0 atom stereocenters. The topological polar surface area (TPSA) is 37.8 Å². The van der Waals surface area contributed by atoms with Crippen molar-refractivity contribution in [1.29, 1.82) is 0 Å². The molecule has 0 amide bonds. The van der Waals surface area contributed by atoms with Gasteiger partial charge in [0.15, 0.2) is 0 Å². The standard InChI is InChI=1S/C12H20IN3/c1-5-7-9-15-11(8(3)4)10(13)12(16-9)14-6-2/h8H,5-7H2,1-4H3,(H,14,15,16). The summed E-state index contributed by atoms with van der Waals surface area (Å²) in [6.07, 6.45) is 2.04. The van der Waals surface area contributed by atoms with E-state index in [1.807, 2.05) is 0 Å². The zero-order valence-electron chi connectivity index (χ0n) is 10.5. The molecule has 0 fully saturated rings. The highest BCUT2D eigenvalue weighted by atomic mass is 127. The van der Waals surface area contributed by atoms with Gasteiger partial charge in [0.05, 0.1) is 9.26 Å². The Bertz CT molecular complexity index is 350. The van der Waals surface area contributed by atoms with Crippen LogP contribution >= 0.6 is 22.6 Å². The predicted octanol–water partition coefficient (Wildman–Crippen LogP) is 3.59. The third-order valence-corrected chi connectivity index (χ3v) is 3.35. The van der Waals surface area contributed by atoms with Gasteiger partial charge in [0.2, 0.25) is 0 Å². The quantitative estimate of drug-likeness (QED) is 0.837. The van der Waals surface area contributed by atoms with E-state index in [0.717, 1.165) is 40.3 Å². The van der Waals surface area contributed by atoms with Crippen LogP contribution in [0.25, 0.3) is 0 Å². The van der Waals surface area contributed by atoms with Crippen LogP contribution in [-0.2, 0) is 6.42 Å². The fourth-order valence-electron chi connectivity index (χ4n) is 1.52. The molecule has 1 N–H and O–H groups in total. The van der Waals surface area contributed by atoms with E-state index in [1.165, 1.54) is 0 Å². The summed E-state index contributed by atoms with van der Waals surface area (Å²) in [5.74, 6) is 2.40. The molecule has 0 saturated heterocycles. The molecule has 16 heavy (non-hydrogen) atoms. The number of halogens is 1. The highest BCUT2D eigenvalue weighted by Crippen LogP contribution is 2.25. The van der Waals surface area contributed by atoms with Crippen molar-refractivity contribution in [3.8, 4) is 0 Å². The van der Waals surface area contributed by atoms with Gasteiger partial charge in [-0.25, -0.2) is 9.97 Å². The molecule has 0 unspecified atom stereocenters. The molecule has 0 aliphatic heterocycles.